The summed E-state index contributed by atoms with van der Waals surface area (Å²) >= 11 is 4.68. The van der Waals surface area contributed by atoms with Gasteiger partial charge < -0.3 is 0 Å². The number of hydrogen-bond acceptors (Lipinski definition) is 3. The molecular weight excluding hydrogens is 401 g/mol. The van der Waals surface area contributed by atoms with E-state index in [2.05, 4.69) is 22.5 Å². The van der Waals surface area contributed by atoms with Gasteiger partial charge >= 0.3 is 0 Å². The van der Waals surface area contributed by atoms with Gasteiger partial charge in [0.25, 0.3) is 10.0 Å². The molecule has 0 radical (unpaired) electrons. The molecule has 0 fully saturated rings. The fourth-order valence-electron chi connectivity index (χ4n) is 2.00. The predicted octanol–water partition coefficient (Wildman–Crippen LogP) is 4.69. The number of anilines is 1. The number of thioether (sulfide) groups is 1. The number of benzene rings is 2. The van der Waals surface area contributed by atoms with Gasteiger partial charge in [0.1, 0.15) is 5.82 Å². The van der Waals surface area contributed by atoms with Crippen LogP contribution in [0.3, 0.4) is 0 Å². The molecule has 122 valence electrons. The average Bonchev–Trinajstić information content (AvgIpc) is 2.53. The highest BCUT2D eigenvalue weighted by Gasteiger charge is 2.26. The van der Waals surface area contributed by atoms with Gasteiger partial charge in [-0.1, -0.05) is 22.0 Å². The van der Waals surface area contributed by atoms with Crippen molar-refractivity contribution in [3.63, 3.8) is 0 Å². The molecule has 0 amide bonds. The first-order valence-corrected chi connectivity index (χ1v) is 10.1. The average molecular weight is 416 g/mol. The Morgan fingerprint density at radius 3 is 2.43 bits per heavy atom. The van der Waals surface area contributed by atoms with Gasteiger partial charge in [0.2, 0.25) is 0 Å². The van der Waals surface area contributed by atoms with Crippen LogP contribution in [0.25, 0.3) is 0 Å². The summed E-state index contributed by atoms with van der Waals surface area (Å²) in [6.07, 6.45) is 3.33. The molecule has 2 aromatic carbocycles. The number of rotatable bonds is 6. The lowest BCUT2D eigenvalue weighted by Crippen LogP contribution is -2.31. The van der Waals surface area contributed by atoms with Crippen LogP contribution in [0, 0.1) is 5.82 Å². The second-order valence-electron chi connectivity index (χ2n) is 4.60. The molecule has 7 heteroatoms. The maximum atomic E-state index is 14.2. The van der Waals surface area contributed by atoms with E-state index in [1.54, 1.807) is 18.2 Å². The minimum atomic E-state index is -3.88. The smallest absolute Gasteiger partial charge is 0.260 e. The van der Waals surface area contributed by atoms with E-state index in [-0.39, 0.29) is 17.1 Å². The Labute approximate surface area is 148 Å². The molecule has 0 saturated heterocycles. The van der Waals surface area contributed by atoms with Crippen molar-refractivity contribution in [3.8, 4) is 0 Å². The van der Waals surface area contributed by atoms with Gasteiger partial charge in [-0.25, -0.2) is 12.8 Å². The van der Waals surface area contributed by atoms with Crippen molar-refractivity contribution in [2.75, 3.05) is 17.1 Å². The topological polar surface area (TPSA) is 37.4 Å². The normalized spacial score (nSPS) is 11.3. The van der Waals surface area contributed by atoms with Gasteiger partial charge in [-0.3, -0.25) is 4.31 Å². The minimum absolute atomic E-state index is 0.0120. The van der Waals surface area contributed by atoms with Crippen molar-refractivity contribution in [2.45, 2.75) is 9.79 Å². The van der Waals surface area contributed by atoms with E-state index in [0.29, 0.717) is 4.47 Å². The molecule has 0 unspecified atom stereocenters. The highest BCUT2D eigenvalue weighted by Crippen LogP contribution is 2.29. The third-order valence-corrected chi connectivity index (χ3v) is 6.15. The molecule has 2 rings (SSSR count). The first-order chi connectivity index (χ1) is 10.9. The van der Waals surface area contributed by atoms with E-state index in [1.165, 1.54) is 42.1 Å². The Morgan fingerprint density at radius 1 is 1.26 bits per heavy atom. The Balaban J connectivity index is 2.51. The molecule has 23 heavy (non-hydrogen) atoms. The molecule has 0 spiro atoms. The molecule has 2 aromatic rings. The van der Waals surface area contributed by atoms with Crippen molar-refractivity contribution < 1.29 is 12.8 Å². The van der Waals surface area contributed by atoms with Gasteiger partial charge in [-0.05, 0) is 48.7 Å². The Hall–Kier alpha value is -1.31. The van der Waals surface area contributed by atoms with Crippen molar-refractivity contribution in [1.29, 1.82) is 0 Å². The van der Waals surface area contributed by atoms with E-state index in [4.69, 9.17) is 0 Å². The van der Waals surface area contributed by atoms with Crippen LogP contribution in [0.15, 0.2) is 69.4 Å². The lowest BCUT2D eigenvalue weighted by atomic mass is 10.3. The third-order valence-electron chi connectivity index (χ3n) is 3.12. The van der Waals surface area contributed by atoms with Crippen LogP contribution >= 0.6 is 27.7 Å². The highest BCUT2D eigenvalue weighted by atomic mass is 79.9. The Kier molecular flexibility index (Phi) is 5.89. The Morgan fingerprint density at radius 2 is 1.91 bits per heavy atom. The zero-order chi connectivity index (χ0) is 17.0. The largest absolute Gasteiger partial charge is 0.264 e. The maximum absolute atomic E-state index is 14.2. The molecule has 0 aromatic heterocycles. The van der Waals surface area contributed by atoms with Crippen LogP contribution in [-0.2, 0) is 10.0 Å². The molecule has 0 bridgehead atoms. The summed E-state index contributed by atoms with van der Waals surface area (Å²) in [6, 6.07) is 10.8. The summed E-state index contributed by atoms with van der Waals surface area (Å²) in [5.41, 5.74) is -0.0120. The molecule has 0 aliphatic rings. The summed E-state index contributed by atoms with van der Waals surface area (Å²) in [5, 5.41) is 0. The number of hydrogen-bond donors (Lipinski definition) is 0. The van der Waals surface area contributed by atoms with Crippen LogP contribution in [0.1, 0.15) is 0 Å². The molecule has 0 aliphatic heterocycles. The zero-order valence-electron chi connectivity index (χ0n) is 12.4. The van der Waals surface area contributed by atoms with Crippen LogP contribution in [0.5, 0.6) is 0 Å². The van der Waals surface area contributed by atoms with Gasteiger partial charge in [-0.15, -0.1) is 18.3 Å². The van der Waals surface area contributed by atoms with E-state index in [0.717, 1.165) is 9.20 Å². The first kappa shape index (κ1) is 18.0. The second-order valence-corrected chi connectivity index (χ2v) is 8.25. The number of sulfonamides is 1. The van der Waals surface area contributed by atoms with Crippen molar-refractivity contribution in [1.82, 2.24) is 0 Å². The van der Waals surface area contributed by atoms with Gasteiger partial charge in [0, 0.05) is 9.37 Å². The summed E-state index contributed by atoms with van der Waals surface area (Å²) in [5.74, 6) is -0.620. The fraction of sp³-hybridized carbons (Fsp3) is 0.125. The number of nitrogens with zero attached hydrogens (tertiary/aromatic N) is 1. The molecule has 0 N–H and O–H groups in total. The number of halogens is 2. The van der Waals surface area contributed by atoms with Gasteiger partial charge in [-0.2, -0.15) is 0 Å². The van der Waals surface area contributed by atoms with Crippen LogP contribution < -0.4 is 4.31 Å². The maximum Gasteiger partial charge on any atom is 0.264 e. The van der Waals surface area contributed by atoms with Gasteiger partial charge in [0.05, 0.1) is 17.1 Å². The van der Waals surface area contributed by atoms with E-state index >= 15 is 0 Å². The molecule has 0 atom stereocenters. The van der Waals surface area contributed by atoms with Crippen molar-refractivity contribution in [2.24, 2.45) is 0 Å². The van der Waals surface area contributed by atoms with E-state index in [1.807, 2.05) is 6.26 Å². The fourth-order valence-corrected chi connectivity index (χ4v) is 4.19. The van der Waals surface area contributed by atoms with Crippen LogP contribution in [0.4, 0.5) is 10.1 Å². The quantitative estimate of drug-likeness (QED) is 0.507. The summed E-state index contributed by atoms with van der Waals surface area (Å²) < 4.78 is 41.5. The molecule has 0 heterocycles. The second kappa shape index (κ2) is 7.51. The van der Waals surface area contributed by atoms with Crippen molar-refractivity contribution in [3.05, 3.63) is 65.4 Å². The molecule has 3 nitrogen and oxygen atoms in total. The van der Waals surface area contributed by atoms with Gasteiger partial charge in [0.15, 0.2) is 0 Å². The van der Waals surface area contributed by atoms with E-state index in [9.17, 15) is 12.8 Å². The zero-order valence-corrected chi connectivity index (χ0v) is 15.6. The predicted molar refractivity (Wildman–Crippen MR) is 97.1 cm³/mol. The monoisotopic (exact) mass is 415 g/mol. The minimum Gasteiger partial charge on any atom is -0.260 e. The summed E-state index contributed by atoms with van der Waals surface area (Å²) in [4.78, 5) is 1.06. The molecule has 0 aliphatic carbocycles. The SMILES string of the molecule is C=CCN(c1ccc(Br)cc1F)S(=O)(=O)c1ccc(SC)cc1. The van der Waals surface area contributed by atoms with E-state index < -0.39 is 15.8 Å². The standard InChI is InChI=1S/C16H15BrFNO2S2/c1-3-10-19(16-9-4-12(17)11-15(16)18)23(20,21)14-7-5-13(22-2)6-8-14/h3-9,11H,1,10H2,2H3. The highest BCUT2D eigenvalue weighted by molar-refractivity contribution is 9.10. The molecular formula is C16H15BrFNO2S2. The Bertz CT molecular complexity index is 807. The van der Waals surface area contributed by atoms with Crippen LogP contribution in [0.2, 0.25) is 0 Å². The first-order valence-electron chi connectivity index (χ1n) is 6.63. The lowest BCUT2D eigenvalue weighted by Gasteiger charge is -2.23. The van der Waals surface area contributed by atoms with Crippen LogP contribution in [-0.4, -0.2) is 21.2 Å². The molecule has 0 saturated carbocycles. The van der Waals surface area contributed by atoms with Crippen molar-refractivity contribution >= 4 is 43.4 Å². The summed E-state index contributed by atoms with van der Waals surface area (Å²) in [7, 11) is -3.88. The lowest BCUT2D eigenvalue weighted by molar-refractivity contribution is 0.587. The summed E-state index contributed by atoms with van der Waals surface area (Å²) in [6.45, 7) is 3.54. The third kappa shape index (κ3) is 3.97.